The SMILES string of the molecule is OC(CCCl)(c1ccccc1)c1cccc(F)c1. The first-order valence-corrected chi connectivity index (χ1v) is 6.30. The zero-order valence-corrected chi connectivity index (χ0v) is 10.6. The van der Waals surface area contributed by atoms with Crippen LogP contribution in [0.4, 0.5) is 4.39 Å². The van der Waals surface area contributed by atoms with Gasteiger partial charge in [-0.05, 0) is 29.7 Å². The van der Waals surface area contributed by atoms with Crippen molar-refractivity contribution in [1.82, 2.24) is 0 Å². The predicted octanol–water partition coefficient (Wildman–Crippen LogP) is 3.69. The number of hydrogen-bond acceptors (Lipinski definition) is 1. The molecule has 1 N–H and O–H groups in total. The van der Waals surface area contributed by atoms with Crippen LogP contribution in [-0.2, 0) is 5.60 Å². The second-order valence-corrected chi connectivity index (χ2v) is 4.55. The van der Waals surface area contributed by atoms with Crippen LogP contribution in [0.15, 0.2) is 54.6 Å². The lowest BCUT2D eigenvalue weighted by atomic mass is 9.84. The Kier molecular flexibility index (Phi) is 4.00. The highest BCUT2D eigenvalue weighted by atomic mass is 35.5. The molecule has 1 nitrogen and oxygen atoms in total. The van der Waals surface area contributed by atoms with Gasteiger partial charge in [0.15, 0.2) is 0 Å². The summed E-state index contributed by atoms with van der Waals surface area (Å²) < 4.78 is 13.3. The van der Waals surface area contributed by atoms with Crippen LogP contribution in [0.3, 0.4) is 0 Å². The first-order chi connectivity index (χ1) is 8.66. The molecule has 0 aliphatic carbocycles. The molecule has 18 heavy (non-hydrogen) atoms. The molecule has 2 aromatic rings. The molecule has 0 spiro atoms. The van der Waals surface area contributed by atoms with Gasteiger partial charge in [0.25, 0.3) is 0 Å². The second-order valence-electron chi connectivity index (χ2n) is 4.18. The van der Waals surface area contributed by atoms with Crippen LogP contribution in [0.2, 0.25) is 0 Å². The molecule has 0 saturated carbocycles. The third-order valence-corrected chi connectivity index (χ3v) is 3.20. The van der Waals surface area contributed by atoms with E-state index in [1.807, 2.05) is 30.3 Å². The van der Waals surface area contributed by atoms with Crippen molar-refractivity contribution in [1.29, 1.82) is 0 Å². The Hall–Kier alpha value is -1.38. The summed E-state index contributed by atoms with van der Waals surface area (Å²) in [4.78, 5) is 0. The van der Waals surface area contributed by atoms with E-state index in [0.29, 0.717) is 17.9 Å². The topological polar surface area (TPSA) is 20.2 Å². The first-order valence-electron chi connectivity index (χ1n) is 5.77. The Morgan fingerprint density at radius 2 is 1.67 bits per heavy atom. The lowest BCUT2D eigenvalue weighted by Crippen LogP contribution is -2.28. The fourth-order valence-corrected chi connectivity index (χ4v) is 2.33. The lowest BCUT2D eigenvalue weighted by molar-refractivity contribution is 0.0771. The molecular weight excluding hydrogens is 251 g/mol. The fraction of sp³-hybridized carbons (Fsp3) is 0.200. The number of alkyl halides is 1. The van der Waals surface area contributed by atoms with Gasteiger partial charge in [-0.15, -0.1) is 11.6 Å². The van der Waals surface area contributed by atoms with Crippen molar-refractivity contribution >= 4 is 11.6 Å². The van der Waals surface area contributed by atoms with Crippen LogP contribution < -0.4 is 0 Å². The molecule has 3 heteroatoms. The van der Waals surface area contributed by atoms with Crippen molar-refractivity contribution in [3.05, 3.63) is 71.5 Å². The van der Waals surface area contributed by atoms with Gasteiger partial charge < -0.3 is 5.11 Å². The maximum absolute atomic E-state index is 13.3. The van der Waals surface area contributed by atoms with Crippen LogP contribution in [0, 0.1) is 5.82 Å². The van der Waals surface area contributed by atoms with E-state index in [-0.39, 0.29) is 5.82 Å². The molecule has 2 rings (SSSR count). The summed E-state index contributed by atoms with van der Waals surface area (Å²) in [5.41, 5.74) is -0.00363. The van der Waals surface area contributed by atoms with E-state index >= 15 is 0 Å². The zero-order valence-electron chi connectivity index (χ0n) is 9.81. The van der Waals surface area contributed by atoms with Gasteiger partial charge in [0, 0.05) is 5.88 Å². The molecule has 0 amide bonds. The summed E-state index contributed by atoms with van der Waals surface area (Å²) in [6.45, 7) is 0. The highest BCUT2D eigenvalue weighted by Gasteiger charge is 2.30. The van der Waals surface area contributed by atoms with Gasteiger partial charge >= 0.3 is 0 Å². The largest absolute Gasteiger partial charge is 0.380 e. The molecule has 0 aliphatic heterocycles. The molecule has 0 fully saturated rings. The van der Waals surface area contributed by atoms with Crippen LogP contribution in [0.25, 0.3) is 0 Å². The average molecular weight is 265 g/mol. The molecular formula is C15H14ClFO. The van der Waals surface area contributed by atoms with Gasteiger partial charge in [0.2, 0.25) is 0 Å². The van der Waals surface area contributed by atoms with Gasteiger partial charge in [-0.25, -0.2) is 4.39 Å². The maximum Gasteiger partial charge on any atom is 0.123 e. The molecule has 0 aliphatic rings. The van der Waals surface area contributed by atoms with E-state index in [4.69, 9.17) is 11.6 Å². The predicted molar refractivity (Wildman–Crippen MR) is 71.2 cm³/mol. The summed E-state index contributed by atoms with van der Waals surface area (Å²) in [7, 11) is 0. The van der Waals surface area contributed by atoms with E-state index in [1.54, 1.807) is 12.1 Å². The number of benzene rings is 2. The quantitative estimate of drug-likeness (QED) is 0.835. The molecule has 2 aromatic carbocycles. The lowest BCUT2D eigenvalue weighted by Gasteiger charge is -2.28. The van der Waals surface area contributed by atoms with Gasteiger partial charge in [-0.2, -0.15) is 0 Å². The maximum atomic E-state index is 13.3. The summed E-state index contributed by atoms with van der Waals surface area (Å²) >= 11 is 5.77. The number of rotatable bonds is 4. The van der Waals surface area contributed by atoms with Crippen LogP contribution >= 0.6 is 11.6 Å². The van der Waals surface area contributed by atoms with Crippen molar-refractivity contribution in [2.75, 3.05) is 5.88 Å². The second kappa shape index (κ2) is 5.51. The molecule has 1 unspecified atom stereocenters. The van der Waals surface area contributed by atoms with Crippen molar-refractivity contribution in [3.63, 3.8) is 0 Å². The first kappa shape index (κ1) is 13.1. The normalized spacial score (nSPS) is 14.2. The smallest absolute Gasteiger partial charge is 0.123 e. The van der Waals surface area contributed by atoms with E-state index < -0.39 is 5.60 Å². The molecule has 94 valence electrons. The summed E-state index contributed by atoms with van der Waals surface area (Å²) in [5, 5.41) is 10.8. The van der Waals surface area contributed by atoms with Crippen LogP contribution in [0.5, 0.6) is 0 Å². The molecule has 0 saturated heterocycles. The highest BCUT2D eigenvalue weighted by Crippen LogP contribution is 2.33. The van der Waals surface area contributed by atoms with Crippen molar-refractivity contribution in [2.45, 2.75) is 12.0 Å². The third kappa shape index (κ3) is 2.55. The van der Waals surface area contributed by atoms with Crippen molar-refractivity contribution < 1.29 is 9.50 Å². The molecule has 0 radical (unpaired) electrons. The number of halogens is 2. The van der Waals surface area contributed by atoms with Crippen molar-refractivity contribution in [2.24, 2.45) is 0 Å². The minimum absolute atomic E-state index is 0.294. The molecule has 1 atom stereocenters. The van der Waals surface area contributed by atoms with E-state index in [9.17, 15) is 9.50 Å². The van der Waals surface area contributed by atoms with E-state index in [2.05, 4.69) is 0 Å². The van der Waals surface area contributed by atoms with Crippen LogP contribution in [-0.4, -0.2) is 11.0 Å². The number of hydrogen-bond donors (Lipinski definition) is 1. The third-order valence-electron chi connectivity index (χ3n) is 3.01. The van der Waals surface area contributed by atoms with E-state index in [0.717, 1.165) is 5.56 Å². The summed E-state index contributed by atoms with van der Waals surface area (Å²) in [6, 6.07) is 15.2. The summed E-state index contributed by atoms with van der Waals surface area (Å²) in [6.07, 6.45) is 0.335. The number of aliphatic hydroxyl groups is 1. The van der Waals surface area contributed by atoms with Gasteiger partial charge in [-0.3, -0.25) is 0 Å². The molecule has 0 aromatic heterocycles. The van der Waals surface area contributed by atoms with Crippen molar-refractivity contribution in [3.8, 4) is 0 Å². The Morgan fingerprint density at radius 1 is 1.00 bits per heavy atom. The zero-order chi connectivity index (χ0) is 13.0. The fourth-order valence-electron chi connectivity index (χ4n) is 2.05. The monoisotopic (exact) mass is 264 g/mol. The highest BCUT2D eigenvalue weighted by molar-refractivity contribution is 6.17. The Bertz CT molecular complexity index is 515. The molecule has 0 bridgehead atoms. The molecule has 0 heterocycles. The summed E-state index contributed by atoms with van der Waals surface area (Å²) in [5.74, 6) is -0.0709. The van der Waals surface area contributed by atoms with Gasteiger partial charge in [0.05, 0.1) is 0 Å². The van der Waals surface area contributed by atoms with Gasteiger partial charge in [0.1, 0.15) is 11.4 Å². The average Bonchev–Trinajstić information content (AvgIpc) is 2.40. The van der Waals surface area contributed by atoms with E-state index in [1.165, 1.54) is 12.1 Å². The Morgan fingerprint density at radius 3 is 2.28 bits per heavy atom. The van der Waals surface area contributed by atoms with Crippen LogP contribution in [0.1, 0.15) is 17.5 Å². The minimum atomic E-state index is -1.24. The Balaban J connectivity index is 2.50. The minimum Gasteiger partial charge on any atom is -0.380 e. The standard InChI is InChI=1S/C15H14ClFO/c16-10-9-15(18,12-5-2-1-3-6-12)13-7-4-8-14(17)11-13/h1-8,11,18H,9-10H2. The van der Waals surface area contributed by atoms with Gasteiger partial charge in [-0.1, -0.05) is 42.5 Å². The Labute approximate surface area is 111 Å².